The van der Waals surface area contributed by atoms with Crippen molar-refractivity contribution in [2.45, 2.75) is 32.7 Å². The number of hydrogen-bond acceptors (Lipinski definition) is 3. The van der Waals surface area contributed by atoms with Crippen molar-refractivity contribution in [3.8, 4) is 22.6 Å². The maximum atomic E-state index is 5.72. The van der Waals surface area contributed by atoms with Crippen LogP contribution in [0.5, 0.6) is 11.5 Å². The molecule has 105 valence electrons. The molecule has 20 heavy (non-hydrogen) atoms. The Bertz CT molecular complexity index is 564. The molecule has 1 radical (unpaired) electrons. The van der Waals surface area contributed by atoms with Crippen LogP contribution in [0.1, 0.15) is 32.7 Å². The van der Waals surface area contributed by atoms with E-state index in [0.29, 0.717) is 19.3 Å². The van der Waals surface area contributed by atoms with E-state index in [1.54, 1.807) is 0 Å². The summed E-state index contributed by atoms with van der Waals surface area (Å²) < 4.78 is 13.5. The quantitative estimate of drug-likeness (QED) is 0.807. The minimum atomic E-state index is 0.574. The predicted molar refractivity (Wildman–Crippen MR) is 77.1 cm³/mol. The Kier molecular flexibility index (Phi) is 3.63. The molecule has 0 aliphatic heterocycles. The third-order valence-electron chi connectivity index (χ3n) is 3.33. The molecular formula is C16H19N2O2. The zero-order chi connectivity index (χ0) is 13.9. The highest BCUT2D eigenvalue weighted by Crippen LogP contribution is 2.40. The van der Waals surface area contributed by atoms with Crippen LogP contribution < -0.4 is 9.47 Å². The fourth-order valence-corrected chi connectivity index (χ4v) is 2.29. The first kappa shape index (κ1) is 13.0. The number of hydrogen-bond donors (Lipinski definition) is 0. The summed E-state index contributed by atoms with van der Waals surface area (Å²) in [7, 11) is 0. The Morgan fingerprint density at radius 2 is 1.85 bits per heavy atom. The highest BCUT2D eigenvalue weighted by Gasteiger charge is 2.25. The predicted octanol–water partition coefficient (Wildman–Crippen LogP) is 3.48. The molecule has 3 rings (SSSR count). The number of nitrogens with zero attached hydrogens (tertiary/aromatic N) is 2. The maximum absolute atomic E-state index is 5.72. The zero-order valence-corrected chi connectivity index (χ0v) is 11.9. The summed E-state index contributed by atoms with van der Waals surface area (Å²) in [5, 5.41) is 4.45. The van der Waals surface area contributed by atoms with Gasteiger partial charge in [-0.2, -0.15) is 5.10 Å². The Morgan fingerprint density at radius 1 is 1.20 bits per heavy atom. The molecule has 2 aromatic rings. The Balaban J connectivity index is 2.02. The number of rotatable bonds is 6. The van der Waals surface area contributed by atoms with Gasteiger partial charge >= 0.3 is 0 Å². The second kappa shape index (κ2) is 5.57. The molecule has 0 bridgehead atoms. The molecule has 1 saturated carbocycles. The van der Waals surface area contributed by atoms with Gasteiger partial charge in [0.25, 0.3) is 0 Å². The monoisotopic (exact) mass is 271 g/mol. The van der Waals surface area contributed by atoms with Crippen LogP contribution in [0.3, 0.4) is 0 Å². The Morgan fingerprint density at radius 3 is 2.40 bits per heavy atom. The van der Waals surface area contributed by atoms with Gasteiger partial charge < -0.3 is 9.47 Å². The van der Waals surface area contributed by atoms with Gasteiger partial charge in [0.2, 0.25) is 0 Å². The third-order valence-corrected chi connectivity index (χ3v) is 3.33. The minimum absolute atomic E-state index is 0.574. The van der Waals surface area contributed by atoms with E-state index in [1.165, 1.54) is 12.8 Å². The summed E-state index contributed by atoms with van der Waals surface area (Å²) in [6, 6.07) is 7.36. The van der Waals surface area contributed by atoms with Crippen molar-refractivity contribution in [1.29, 1.82) is 0 Å². The lowest BCUT2D eigenvalue weighted by Crippen LogP contribution is -1.98. The van der Waals surface area contributed by atoms with Crippen LogP contribution in [-0.4, -0.2) is 23.0 Å². The Hall–Kier alpha value is -1.97. The van der Waals surface area contributed by atoms with Crippen LogP contribution >= 0.6 is 0 Å². The lowest BCUT2D eigenvalue weighted by molar-refractivity contribution is 0.325. The highest BCUT2D eigenvalue weighted by atomic mass is 16.5. The molecule has 0 saturated heterocycles. The van der Waals surface area contributed by atoms with Gasteiger partial charge in [0, 0.05) is 11.8 Å². The molecule has 1 heterocycles. The molecule has 1 aromatic carbocycles. The van der Waals surface area contributed by atoms with Crippen molar-refractivity contribution < 1.29 is 9.47 Å². The fourth-order valence-electron chi connectivity index (χ4n) is 2.29. The molecule has 0 spiro atoms. The Labute approximate surface area is 119 Å². The van der Waals surface area contributed by atoms with E-state index >= 15 is 0 Å². The van der Waals surface area contributed by atoms with Crippen molar-refractivity contribution in [3.63, 3.8) is 0 Å². The molecule has 4 heteroatoms. The third kappa shape index (κ3) is 2.50. The standard InChI is InChI=1S/C16H19N2O2/c1-3-19-14-6-5-7-15(20-4-2)16(14)12-10-17-18(11-12)13-8-9-13/h6-7,10-11,13H,3-4,8-9H2,1-2H3. The second-order valence-corrected chi connectivity index (χ2v) is 4.87. The summed E-state index contributed by atoms with van der Waals surface area (Å²) >= 11 is 0. The van der Waals surface area contributed by atoms with Gasteiger partial charge in [-0.15, -0.1) is 0 Å². The summed E-state index contributed by atoms with van der Waals surface area (Å²) in [5.74, 6) is 1.60. The molecule has 4 nitrogen and oxygen atoms in total. The van der Waals surface area contributed by atoms with Gasteiger partial charge in [-0.1, -0.05) is 0 Å². The van der Waals surface area contributed by atoms with Gasteiger partial charge in [-0.25, -0.2) is 0 Å². The summed E-state index contributed by atoms with van der Waals surface area (Å²) in [6.07, 6.45) is 6.41. The van der Waals surface area contributed by atoms with Crippen LogP contribution in [0.4, 0.5) is 0 Å². The van der Waals surface area contributed by atoms with Crippen molar-refractivity contribution in [2.75, 3.05) is 13.2 Å². The molecule has 1 aromatic heterocycles. The van der Waals surface area contributed by atoms with Crippen LogP contribution in [0, 0.1) is 6.07 Å². The molecule has 1 fully saturated rings. The van der Waals surface area contributed by atoms with E-state index in [2.05, 4.69) is 17.4 Å². The van der Waals surface area contributed by atoms with E-state index in [9.17, 15) is 0 Å². The highest BCUT2D eigenvalue weighted by molar-refractivity contribution is 5.76. The molecule has 1 aliphatic rings. The largest absolute Gasteiger partial charge is 0.493 e. The first-order valence-corrected chi connectivity index (χ1v) is 7.17. The molecule has 0 amide bonds. The van der Waals surface area contributed by atoms with Crippen molar-refractivity contribution in [3.05, 3.63) is 30.6 Å². The smallest absolute Gasteiger partial charge is 0.131 e. The maximum Gasteiger partial charge on any atom is 0.131 e. The van der Waals surface area contributed by atoms with Crippen molar-refractivity contribution in [2.24, 2.45) is 0 Å². The summed E-state index contributed by atoms with van der Waals surface area (Å²) in [6.45, 7) is 5.19. The lowest BCUT2D eigenvalue weighted by Gasteiger charge is -2.13. The van der Waals surface area contributed by atoms with Crippen LogP contribution in [-0.2, 0) is 0 Å². The number of aromatic nitrogens is 2. The average Bonchev–Trinajstić information content (AvgIpc) is 3.19. The van der Waals surface area contributed by atoms with Crippen LogP contribution in [0.25, 0.3) is 11.1 Å². The topological polar surface area (TPSA) is 36.3 Å². The normalized spacial score (nSPS) is 14.3. The van der Waals surface area contributed by atoms with Gasteiger partial charge in [-0.3, -0.25) is 4.68 Å². The van der Waals surface area contributed by atoms with Crippen molar-refractivity contribution >= 4 is 0 Å². The van der Waals surface area contributed by atoms with Crippen LogP contribution in [0.2, 0.25) is 0 Å². The van der Waals surface area contributed by atoms with E-state index < -0.39 is 0 Å². The first-order chi connectivity index (χ1) is 9.83. The van der Waals surface area contributed by atoms with E-state index in [1.807, 2.05) is 36.9 Å². The van der Waals surface area contributed by atoms with Crippen molar-refractivity contribution in [1.82, 2.24) is 9.78 Å². The number of benzene rings is 1. The van der Waals surface area contributed by atoms with Crippen LogP contribution in [0.15, 0.2) is 24.5 Å². The molecule has 1 aliphatic carbocycles. The minimum Gasteiger partial charge on any atom is -0.493 e. The average molecular weight is 271 g/mol. The summed E-state index contributed by atoms with van der Waals surface area (Å²) in [4.78, 5) is 0. The molecule has 0 atom stereocenters. The van der Waals surface area contributed by atoms with E-state index in [4.69, 9.17) is 9.47 Å². The fraction of sp³-hybridized carbons (Fsp3) is 0.438. The first-order valence-electron chi connectivity index (χ1n) is 7.17. The summed E-state index contributed by atoms with van der Waals surface area (Å²) in [5.41, 5.74) is 2.01. The molecule has 0 unspecified atom stereocenters. The zero-order valence-electron chi connectivity index (χ0n) is 11.9. The van der Waals surface area contributed by atoms with Gasteiger partial charge in [-0.05, 0) is 44.9 Å². The number of ether oxygens (including phenoxy) is 2. The van der Waals surface area contributed by atoms with Gasteiger partial charge in [0.1, 0.15) is 11.5 Å². The second-order valence-electron chi connectivity index (χ2n) is 4.87. The van der Waals surface area contributed by atoms with Gasteiger partial charge in [0.05, 0.1) is 31.0 Å². The molecule has 0 N–H and O–H groups in total. The van der Waals surface area contributed by atoms with E-state index in [0.717, 1.165) is 22.6 Å². The molecular weight excluding hydrogens is 252 g/mol. The lowest BCUT2D eigenvalue weighted by atomic mass is 10.1. The van der Waals surface area contributed by atoms with Gasteiger partial charge in [0.15, 0.2) is 0 Å². The van der Waals surface area contributed by atoms with E-state index in [-0.39, 0.29) is 0 Å². The SMILES string of the molecule is CCOc1c[c]cc(OCC)c1-c1cnn(C2CC2)c1.